The zero-order chi connectivity index (χ0) is 28.7. The Bertz CT molecular complexity index is 1750. The molecule has 0 aromatic carbocycles. The fraction of sp³-hybridized carbons (Fsp3) is 0.448. The average Bonchev–Trinajstić information content (AvgIpc) is 3.62. The van der Waals surface area contributed by atoms with Gasteiger partial charge >= 0.3 is 0 Å². The number of unbranched alkanes of at least 4 members (excludes halogenated alkanes) is 1. The second kappa shape index (κ2) is 10.5. The first-order chi connectivity index (χ1) is 19.8. The monoisotopic (exact) mass is 554 g/mol. The fourth-order valence-electron chi connectivity index (χ4n) is 5.14. The standard InChI is InChI=1S/C29H34N10O2/c1-6-7-10-40-19-11-18(12-19)39-24(29(2,3)4)13-25(36-39)34-28-35-27-26(37(28)5)20(14-30)22(16-32-27)41-23-17-33-38-9-8-31-15-21(23)38/h8-9,13,15-19H,6-7,10-12H2,1-5H3,(H,32,34,35,36). The molecule has 12 nitrogen and oxygen atoms in total. The van der Waals surface area contributed by atoms with Gasteiger partial charge in [-0.15, -0.1) is 0 Å². The molecular formula is C29H34N10O2. The molecule has 5 aromatic rings. The number of nitrogens with zero attached hydrogens (tertiary/aromatic N) is 9. The van der Waals surface area contributed by atoms with E-state index in [1.807, 2.05) is 11.6 Å². The van der Waals surface area contributed by atoms with Crippen LogP contribution in [-0.4, -0.2) is 51.6 Å². The molecule has 12 heteroatoms. The minimum absolute atomic E-state index is 0.0944. The van der Waals surface area contributed by atoms with Crippen molar-refractivity contribution in [2.75, 3.05) is 11.9 Å². The second-order valence-corrected chi connectivity index (χ2v) is 11.5. The van der Waals surface area contributed by atoms with Crippen molar-refractivity contribution in [3.63, 3.8) is 0 Å². The number of aryl methyl sites for hydroxylation is 1. The number of aromatic nitrogens is 8. The first-order valence-corrected chi connectivity index (χ1v) is 14.0. The summed E-state index contributed by atoms with van der Waals surface area (Å²) in [5, 5.41) is 22.7. The molecule has 0 spiro atoms. The van der Waals surface area contributed by atoms with E-state index >= 15 is 0 Å². The van der Waals surface area contributed by atoms with E-state index in [0.717, 1.165) is 38.0 Å². The van der Waals surface area contributed by atoms with Gasteiger partial charge in [-0.05, 0) is 19.3 Å². The Morgan fingerprint density at radius 3 is 2.76 bits per heavy atom. The van der Waals surface area contributed by atoms with Gasteiger partial charge in [-0.1, -0.05) is 34.1 Å². The zero-order valence-electron chi connectivity index (χ0n) is 24.0. The summed E-state index contributed by atoms with van der Waals surface area (Å²) in [7, 11) is 1.84. The van der Waals surface area contributed by atoms with Gasteiger partial charge in [0, 0.05) is 43.2 Å². The summed E-state index contributed by atoms with van der Waals surface area (Å²) in [6.45, 7) is 9.57. The van der Waals surface area contributed by atoms with E-state index in [9.17, 15) is 5.26 Å². The van der Waals surface area contributed by atoms with E-state index in [0.29, 0.717) is 57.7 Å². The molecule has 0 atom stereocenters. The lowest BCUT2D eigenvalue weighted by Gasteiger charge is -2.37. The number of ether oxygens (including phenoxy) is 2. The number of imidazole rings is 1. The van der Waals surface area contributed by atoms with E-state index in [1.54, 1.807) is 29.3 Å². The van der Waals surface area contributed by atoms with Gasteiger partial charge in [-0.3, -0.25) is 9.67 Å². The lowest BCUT2D eigenvalue weighted by atomic mass is 9.86. The minimum atomic E-state index is -0.0944. The predicted octanol–water partition coefficient (Wildman–Crippen LogP) is 5.43. The topological polar surface area (TPSA) is 133 Å². The molecule has 0 unspecified atom stereocenters. The number of rotatable bonds is 9. The van der Waals surface area contributed by atoms with Crippen molar-refractivity contribution in [3.05, 3.63) is 48.3 Å². The highest BCUT2D eigenvalue weighted by molar-refractivity contribution is 5.84. The largest absolute Gasteiger partial charge is 0.450 e. The molecule has 5 aromatic heterocycles. The zero-order valence-corrected chi connectivity index (χ0v) is 24.0. The van der Waals surface area contributed by atoms with E-state index < -0.39 is 0 Å². The first-order valence-electron chi connectivity index (χ1n) is 14.0. The van der Waals surface area contributed by atoms with E-state index in [4.69, 9.17) is 14.6 Å². The van der Waals surface area contributed by atoms with Crippen LogP contribution in [0, 0.1) is 11.3 Å². The maximum absolute atomic E-state index is 10.1. The summed E-state index contributed by atoms with van der Waals surface area (Å²) in [5.74, 6) is 2.01. The van der Waals surface area contributed by atoms with Gasteiger partial charge in [-0.2, -0.15) is 20.4 Å². The summed E-state index contributed by atoms with van der Waals surface area (Å²) in [4.78, 5) is 13.3. The van der Waals surface area contributed by atoms with Gasteiger partial charge in [0.2, 0.25) is 5.95 Å². The number of fused-ring (bicyclic) bond motifs is 2. The van der Waals surface area contributed by atoms with Crippen molar-refractivity contribution in [2.45, 2.75) is 70.9 Å². The van der Waals surface area contributed by atoms with Crippen LogP contribution < -0.4 is 10.1 Å². The number of anilines is 2. The molecule has 0 amide bonds. The van der Waals surface area contributed by atoms with Gasteiger partial charge < -0.3 is 19.4 Å². The van der Waals surface area contributed by atoms with E-state index in [2.05, 4.69) is 69.9 Å². The Labute approximate surface area is 237 Å². The summed E-state index contributed by atoms with van der Waals surface area (Å²) in [5.41, 5.74) is 3.05. The molecule has 1 aliphatic carbocycles. The molecule has 0 saturated heterocycles. The van der Waals surface area contributed by atoms with E-state index in [-0.39, 0.29) is 5.41 Å². The van der Waals surface area contributed by atoms with E-state index in [1.165, 1.54) is 6.20 Å². The molecule has 1 saturated carbocycles. The summed E-state index contributed by atoms with van der Waals surface area (Å²) in [6.07, 6.45) is 12.6. The first kappa shape index (κ1) is 26.7. The quantitative estimate of drug-likeness (QED) is 0.237. The van der Waals surface area contributed by atoms with Crippen LogP contribution in [0.2, 0.25) is 0 Å². The number of nitriles is 1. The Balaban J connectivity index is 1.28. The van der Waals surface area contributed by atoms with Crippen LogP contribution in [-0.2, 0) is 17.2 Å². The molecule has 1 N–H and O–H groups in total. The van der Waals surface area contributed by atoms with Crippen LogP contribution in [0.3, 0.4) is 0 Å². The van der Waals surface area contributed by atoms with Crippen molar-refractivity contribution in [1.82, 2.24) is 38.9 Å². The molecular weight excluding hydrogens is 520 g/mol. The lowest BCUT2D eigenvalue weighted by molar-refractivity contribution is -0.0307. The maximum atomic E-state index is 10.1. The lowest BCUT2D eigenvalue weighted by Crippen LogP contribution is -2.36. The van der Waals surface area contributed by atoms with Crippen LogP contribution in [0.4, 0.5) is 11.8 Å². The van der Waals surface area contributed by atoms with Crippen molar-refractivity contribution in [3.8, 4) is 17.6 Å². The SMILES string of the molecule is CCCCOC1CC(n2nc(Nc3nc4ncc(Oc5cnn6ccncc56)c(C#N)c4n3C)cc2C(C)(C)C)C1. The molecule has 0 radical (unpaired) electrons. The normalized spacial score (nSPS) is 17.1. The van der Waals surface area contributed by atoms with Crippen LogP contribution in [0.1, 0.15) is 70.7 Å². The highest BCUT2D eigenvalue weighted by Gasteiger charge is 2.35. The Kier molecular flexibility index (Phi) is 6.83. The molecule has 1 fully saturated rings. The minimum Gasteiger partial charge on any atom is -0.450 e. The number of nitrogens with one attached hydrogen (secondary N) is 1. The van der Waals surface area contributed by atoms with Gasteiger partial charge in [0.1, 0.15) is 22.7 Å². The van der Waals surface area contributed by atoms with Crippen LogP contribution in [0.5, 0.6) is 11.5 Å². The van der Waals surface area contributed by atoms with Crippen molar-refractivity contribution in [2.24, 2.45) is 7.05 Å². The molecule has 1 aliphatic rings. The second-order valence-electron chi connectivity index (χ2n) is 11.5. The third kappa shape index (κ3) is 4.97. The number of pyridine rings is 1. The summed E-state index contributed by atoms with van der Waals surface area (Å²) in [6, 6.07) is 4.65. The Hall–Kier alpha value is -4.50. The Morgan fingerprint density at radius 1 is 1.17 bits per heavy atom. The Morgan fingerprint density at radius 2 is 2.00 bits per heavy atom. The average molecular weight is 555 g/mol. The van der Waals surface area contributed by atoms with Gasteiger partial charge in [-0.25, -0.2) is 9.50 Å². The van der Waals surface area contributed by atoms with Crippen LogP contribution in [0.25, 0.3) is 16.7 Å². The highest BCUT2D eigenvalue weighted by Crippen LogP contribution is 2.39. The number of hydrogen-bond donors (Lipinski definition) is 1. The third-order valence-corrected chi connectivity index (χ3v) is 7.50. The molecule has 0 bridgehead atoms. The smallest absolute Gasteiger partial charge is 0.210 e. The van der Waals surface area contributed by atoms with Crippen molar-refractivity contribution >= 4 is 28.4 Å². The number of hydrogen-bond acceptors (Lipinski definition) is 9. The molecule has 6 rings (SSSR count). The van der Waals surface area contributed by atoms with Gasteiger partial charge in [0.05, 0.1) is 30.7 Å². The molecule has 41 heavy (non-hydrogen) atoms. The van der Waals surface area contributed by atoms with Crippen LogP contribution >= 0.6 is 0 Å². The van der Waals surface area contributed by atoms with Gasteiger partial charge in [0.25, 0.3) is 0 Å². The van der Waals surface area contributed by atoms with Gasteiger partial charge in [0.15, 0.2) is 23.0 Å². The van der Waals surface area contributed by atoms with Crippen LogP contribution in [0.15, 0.2) is 37.1 Å². The summed E-state index contributed by atoms with van der Waals surface area (Å²) >= 11 is 0. The molecule has 0 aliphatic heterocycles. The van der Waals surface area contributed by atoms with Crippen molar-refractivity contribution in [1.29, 1.82) is 5.26 Å². The molecule has 212 valence electrons. The maximum Gasteiger partial charge on any atom is 0.210 e. The predicted molar refractivity (Wildman–Crippen MR) is 153 cm³/mol. The fourth-order valence-corrected chi connectivity index (χ4v) is 5.14. The third-order valence-electron chi connectivity index (χ3n) is 7.50. The van der Waals surface area contributed by atoms with Crippen molar-refractivity contribution < 1.29 is 9.47 Å². The molecule has 5 heterocycles. The summed E-state index contributed by atoms with van der Waals surface area (Å²) < 4.78 is 17.7. The highest BCUT2D eigenvalue weighted by atomic mass is 16.5.